The van der Waals surface area contributed by atoms with Crippen molar-refractivity contribution in [1.82, 2.24) is 16.2 Å². The number of hydrazine groups is 1. The fourth-order valence-electron chi connectivity index (χ4n) is 2.31. The number of hydrogen-bond donors (Lipinski definition) is 3. The highest BCUT2D eigenvalue weighted by atomic mass is 79.9. The van der Waals surface area contributed by atoms with Crippen LogP contribution in [-0.4, -0.2) is 23.5 Å². The second kappa shape index (κ2) is 10.9. The summed E-state index contributed by atoms with van der Waals surface area (Å²) in [5, 5.41) is 2.41. The normalized spacial score (nSPS) is 11.1. The van der Waals surface area contributed by atoms with Crippen LogP contribution in [0.15, 0.2) is 59.1 Å². The van der Waals surface area contributed by atoms with E-state index in [1.54, 1.807) is 6.08 Å². The number of nitrogens with one attached hydrogen (secondary N) is 3. The standard InChI is InChI=1S/C22H24BrN3O3S/c1-22(2,3)16-10-11-18(17(23)13-16)29-14-20(28)25-26-21(30)24-19(27)12-9-15-7-5-4-6-8-15/h4-13H,14H2,1-3H3,(H,25,28)(H2,24,26,27,30)/b12-9-. The van der Waals surface area contributed by atoms with Gasteiger partial charge in [-0.2, -0.15) is 0 Å². The van der Waals surface area contributed by atoms with Crippen molar-refractivity contribution in [2.75, 3.05) is 6.61 Å². The van der Waals surface area contributed by atoms with E-state index in [4.69, 9.17) is 17.0 Å². The molecule has 0 fully saturated rings. The Morgan fingerprint density at radius 3 is 2.43 bits per heavy atom. The molecule has 0 heterocycles. The molecule has 0 aliphatic heterocycles. The van der Waals surface area contributed by atoms with E-state index in [1.807, 2.05) is 48.5 Å². The van der Waals surface area contributed by atoms with Crippen molar-refractivity contribution in [3.8, 4) is 5.75 Å². The van der Waals surface area contributed by atoms with Crippen LogP contribution in [0.1, 0.15) is 31.9 Å². The average Bonchev–Trinajstić information content (AvgIpc) is 2.70. The SMILES string of the molecule is CC(C)(C)c1ccc(OCC(=O)NNC(=S)NC(=O)/C=C\c2ccccc2)c(Br)c1. The molecule has 2 aromatic carbocycles. The molecule has 8 heteroatoms. The van der Waals surface area contributed by atoms with Gasteiger partial charge in [0.15, 0.2) is 11.7 Å². The first-order chi connectivity index (χ1) is 14.1. The molecule has 0 bridgehead atoms. The first-order valence-electron chi connectivity index (χ1n) is 9.21. The van der Waals surface area contributed by atoms with Crippen LogP contribution in [0.25, 0.3) is 6.08 Å². The van der Waals surface area contributed by atoms with Gasteiger partial charge in [-0.05, 0) is 62.9 Å². The molecule has 2 aromatic rings. The topological polar surface area (TPSA) is 79.5 Å². The fourth-order valence-corrected chi connectivity index (χ4v) is 2.96. The van der Waals surface area contributed by atoms with E-state index in [1.165, 1.54) is 6.08 Å². The van der Waals surface area contributed by atoms with Crippen molar-refractivity contribution in [2.45, 2.75) is 26.2 Å². The van der Waals surface area contributed by atoms with E-state index < -0.39 is 11.8 Å². The maximum absolute atomic E-state index is 12.0. The maximum Gasteiger partial charge on any atom is 0.276 e. The van der Waals surface area contributed by atoms with Crippen molar-refractivity contribution in [3.63, 3.8) is 0 Å². The first-order valence-corrected chi connectivity index (χ1v) is 10.4. The molecule has 0 unspecified atom stereocenters. The smallest absolute Gasteiger partial charge is 0.276 e. The maximum atomic E-state index is 12.0. The van der Waals surface area contributed by atoms with Gasteiger partial charge in [0.25, 0.3) is 5.91 Å². The van der Waals surface area contributed by atoms with Gasteiger partial charge in [0.05, 0.1) is 4.47 Å². The Balaban J connectivity index is 1.74. The number of carbonyl (C=O) groups excluding carboxylic acids is 2. The van der Waals surface area contributed by atoms with E-state index in [-0.39, 0.29) is 17.1 Å². The molecule has 0 aliphatic rings. The quantitative estimate of drug-likeness (QED) is 0.337. The molecule has 0 saturated heterocycles. The molecule has 0 spiro atoms. The lowest BCUT2D eigenvalue weighted by Crippen LogP contribution is -2.49. The Morgan fingerprint density at radius 1 is 1.10 bits per heavy atom. The summed E-state index contributed by atoms with van der Waals surface area (Å²) in [6, 6.07) is 15.1. The minimum atomic E-state index is -0.446. The molecule has 0 aromatic heterocycles. The second-order valence-electron chi connectivity index (χ2n) is 7.42. The van der Waals surface area contributed by atoms with Crippen LogP contribution in [0.2, 0.25) is 0 Å². The highest BCUT2D eigenvalue weighted by Crippen LogP contribution is 2.31. The molecule has 158 valence electrons. The monoisotopic (exact) mass is 489 g/mol. The van der Waals surface area contributed by atoms with Gasteiger partial charge < -0.3 is 4.74 Å². The van der Waals surface area contributed by atoms with E-state index in [9.17, 15) is 9.59 Å². The van der Waals surface area contributed by atoms with Crippen LogP contribution in [0, 0.1) is 0 Å². The molecule has 6 nitrogen and oxygen atoms in total. The summed E-state index contributed by atoms with van der Waals surface area (Å²) in [7, 11) is 0. The number of hydrogen-bond acceptors (Lipinski definition) is 4. The summed E-state index contributed by atoms with van der Waals surface area (Å²) in [5.74, 6) is -0.303. The Bertz CT molecular complexity index is 940. The van der Waals surface area contributed by atoms with Gasteiger partial charge in [-0.3, -0.25) is 25.8 Å². The zero-order valence-electron chi connectivity index (χ0n) is 17.0. The summed E-state index contributed by atoms with van der Waals surface area (Å²) in [6.45, 7) is 6.14. The lowest BCUT2D eigenvalue weighted by molar-refractivity contribution is -0.123. The van der Waals surface area contributed by atoms with Crippen molar-refractivity contribution >= 4 is 51.2 Å². The summed E-state index contributed by atoms with van der Waals surface area (Å²) in [4.78, 5) is 23.8. The number of carbonyl (C=O) groups is 2. The predicted molar refractivity (Wildman–Crippen MR) is 126 cm³/mol. The second-order valence-corrected chi connectivity index (χ2v) is 8.68. The Kier molecular flexibility index (Phi) is 8.56. The number of thiocarbonyl (C=S) groups is 1. The highest BCUT2D eigenvalue weighted by molar-refractivity contribution is 9.10. The third-order valence-corrected chi connectivity index (χ3v) is 4.76. The van der Waals surface area contributed by atoms with Crippen molar-refractivity contribution < 1.29 is 14.3 Å². The van der Waals surface area contributed by atoms with E-state index in [2.05, 4.69) is 52.9 Å². The zero-order chi connectivity index (χ0) is 22.1. The van der Waals surface area contributed by atoms with E-state index in [0.717, 1.165) is 15.6 Å². The first kappa shape index (κ1) is 23.6. The van der Waals surface area contributed by atoms with E-state index in [0.29, 0.717) is 5.75 Å². The van der Waals surface area contributed by atoms with Gasteiger partial charge in [0, 0.05) is 6.08 Å². The lowest BCUT2D eigenvalue weighted by atomic mass is 9.87. The van der Waals surface area contributed by atoms with Gasteiger partial charge in [-0.1, -0.05) is 57.2 Å². The molecular formula is C22H24BrN3O3S. The Labute approximate surface area is 190 Å². The molecule has 30 heavy (non-hydrogen) atoms. The Hall–Kier alpha value is -2.71. The fraction of sp³-hybridized carbons (Fsp3) is 0.227. The lowest BCUT2D eigenvalue weighted by Gasteiger charge is -2.20. The van der Waals surface area contributed by atoms with Crippen LogP contribution >= 0.6 is 28.1 Å². The van der Waals surface area contributed by atoms with Gasteiger partial charge in [-0.15, -0.1) is 0 Å². The van der Waals surface area contributed by atoms with Crippen LogP contribution in [0.4, 0.5) is 0 Å². The van der Waals surface area contributed by atoms with E-state index >= 15 is 0 Å². The van der Waals surface area contributed by atoms with Crippen LogP contribution in [0.5, 0.6) is 5.75 Å². The summed E-state index contributed by atoms with van der Waals surface area (Å²) in [6.07, 6.45) is 3.01. The minimum Gasteiger partial charge on any atom is -0.483 e. The molecule has 3 N–H and O–H groups in total. The zero-order valence-corrected chi connectivity index (χ0v) is 19.4. The number of rotatable bonds is 5. The van der Waals surface area contributed by atoms with Crippen LogP contribution in [0.3, 0.4) is 0 Å². The molecule has 2 amide bonds. The van der Waals surface area contributed by atoms with Gasteiger partial charge >= 0.3 is 0 Å². The van der Waals surface area contributed by atoms with Crippen molar-refractivity contribution in [2.24, 2.45) is 0 Å². The predicted octanol–water partition coefficient (Wildman–Crippen LogP) is 3.86. The number of benzene rings is 2. The van der Waals surface area contributed by atoms with Crippen LogP contribution in [-0.2, 0) is 15.0 Å². The van der Waals surface area contributed by atoms with Crippen molar-refractivity contribution in [3.05, 3.63) is 70.2 Å². The van der Waals surface area contributed by atoms with Crippen LogP contribution < -0.4 is 20.9 Å². The summed E-state index contributed by atoms with van der Waals surface area (Å²) in [5.41, 5.74) is 6.89. The molecule has 0 atom stereocenters. The minimum absolute atomic E-state index is 0.0127. The van der Waals surface area contributed by atoms with Gasteiger partial charge in [0.2, 0.25) is 5.91 Å². The molecule has 0 aliphatic carbocycles. The highest BCUT2D eigenvalue weighted by Gasteiger charge is 2.15. The number of amides is 2. The summed E-state index contributed by atoms with van der Waals surface area (Å²) >= 11 is 8.45. The number of ether oxygens (including phenoxy) is 1. The molecule has 2 rings (SSSR count). The van der Waals surface area contributed by atoms with Gasteiger partial charge in [-0.25, -0.2) is 0 Å². The Morgan fingerprint density at radius 2 is 1.80 bits per heavy atom. The van der Waals surface area contributed by atoms with Gasteiger partial charge in [0.1, 0.15) is 5.75 Å². The molecular weight excluding hydrogens is 466 g/mol. The average molecular weight is 490 g/mol. The largest absolute Gasteiger partial charge is 0.483 e. The third-order valence-electron chi connectivity index (χ3n) is 3.94. The third kappa shape index (κ3) is 7.96. The number of halogens is 1. The summed E-state index contributed by atoms with van der Waals surface area (Å²) < 4.78 is 6.29. The van der Waals surface area contributed by atoms with Crippen molar-refractivity contribution in [1.29, 1.82) is 0 Å². The molecule has 0 saturated carbocycles. The molecule has 0 radical (unpaired) electrons.